The number of benzene rings is 4. The van der Waals surface area contributed by atoms with E-state index in [-0.39, 0.29) is 47.9 Å². The average Bonchev–Trinajstić information content (AvgIpc) is 4.04. The van der Waals surface area contributed by atoms with Crippen LogP contribution >= 0.6 is 11.6 Å². The van der Waals surface area contributed by atoms with Gasteiger partial charge in [-0.3, -0.25) is 53.3 Å². The molecule has 0 atom stereocenters. The van der Waals surface area contributed by atoms with Gasteiger partial charge in [-0.25, -0.2) is 0 Å². The Kier molecular flexibility index (Phi) is 21.3. The standard InChI is InChI=1S/C34H38N4O2.C33H37N3O.C2H3ClO.Na.H/c1-24-5-7-27(8-6-24)21-37-17-13-33-31(23-37)30-19-29(9-10-32(30)38(33)25(2)39)34(40)18-26-11-15-36(16-12-26)22-28-4-3-14-35-20-28;1-24-4-6-26(7-5-24)21-36-16-12-29-18-28-8-9-30(19-31(28)32(29)23-36)33(37)17-25-10-14-35(15-11-25)22-27-3-2-13-34-20-27;1-2(3)4;;/h3-10,14,19-20,26H,11-13,15-18,21-23H2,1-2H3;2-9,13,19-20,25H,10-12,14-18,21-23H2,1H3;1H3;;/q;;;+1;-1. The summed E-state index contributed by atoms with van der Waals surface area (Å²) in [6.07, 6.45) is 16.1. The van der Waals surface area contributed by atoms with Gasteiger partial charge >= 0.3 is 29.6 Å². The minimum atomic E-state index is -0.361. The van der Waals surface area contributed by atoms with Gasteiger partial charge in [0.15, 0.2) is 11.6 Å². The van der Waals surface area contributed by atoms with Gasteiger partial charge in [0.05, 0.1) is 5.52 Å². The Morgan fingerprint density at radius 2 is 1.06 bits per heavy atom. The number of Topliss-reactive ketones (excluding diaryl/α,β-unsaturated/α-hetero) is 2. The predicted molar refractivity (Wildman–Crippen MR) is 325 cm³/mol. The number of rotatable bonds is 14. The zero-order valence-corrected chi connectivity index (χ0v) is 51.6. The number of ketones is 2. The quantitative estimate of drug-likeness (QED) is 0.0593. The Labute approximate surface area is 513 Å². The van der Waals surface area contributed by atoms with Crippen LogP contribution in [0, 0.1) is 25.7 Å². The van der Waals surface area contributed by atoms with E-state index in [2.05, 4.69) is 140 Å². The third-order valence-corrected chi connectivity index (χ3v) is 17.2. The van der Waals surface area contributed by atoms with E-state index in [0.717, 1.165) is 151 Å². The average molecular weight is 1130 g/mol. The largest absolute Gasteiger partial charge is 1.00 e. The van der Waals surface area contributed by atoms with Crippen LogP contribution in [0.15, 0.2) is 140 Å². The number of aromatic nitrogens is 3. The van der Waals surface area contributed by atoms with Crippen molar-refractivity contribution in [1.82, 2.24) is 34.1 Å². The molecule has 7 aromatic rings. The van der Waals surface area contributed by atoms with Crippen LogP contribution in [0.5, 0.6) is 0 Å². The van der Waals surface area contributed by atoms with Crippen molar-refractivity contribution in [2.24, 2.45) is 11.8 Å². The fourth-order valence-corrected chi connectivity index (χ4v) is 12.8. The fraction of sp³-hybridized carbons (Fsp3) is 0.391. The molecule has 4 aromatic carbocycles. The van der Waals surface area contributed by atoms with E-state index in [1.54, 1.807) is 12.5 Å². The summed E-state index contributed by atoms with van der Waals surface area (Å²) in [5.41, 5.74) is 18.5. The van der Waals surface area contributed by atoms with Gasteiger partial charge in [0, 0.05) is 132 Å². The van der Waals surface area contributed by atoms with Crippen molar-refractivity contribution in [2.45, 2.75) is 118 Å². The molecule has 0 N–H and O–H groups in total. The Balaban J connectivity index is 0.000000200. The summed E-state index contributed by atoms with van der Waals surface area (Å²) in [7, 11) is 0. The van der Waals surface area contributed by atoms with Crippen molar-refractivity contribution in [3.05, 3.63) is 206 Å². The number of hydrogen-bond acceptors (Lipinski definition) is 10. The maximum Gasteiger partial charge on any atom is 1.00 e. The number of nitrogens with zero attached hydrogens (tertiary/aromatic N) is 7. The molecule has 0 radical (unpaired) electrons. The number of pyridine rings is 2. The van der Waals surface area contributed by atoms with Gasteiger partial charge in [-0.1, -0.05) is 89.5 Å². The first kappa shape index (κ1) is 60.8. The Morgan fingerprint density at radius 1 is 0.573 bits per heavy atom. The van der Waals surface area contributed by atoms with Crippen LogP contribution in [0.1, 0.15) is 141 Å². The summed E-state index contributed by atoms with van der Waals surface area (Å²) >= 11 is 4.64. The maximum absolute atomic E-state index is 13.5. The fourth-order valence-electron chi connectivity index (χ4n) is 12.8. The molecule has 7 heterocycles. The molecule has 0 spiro atoms. The smallest absolute Gasteiger partial charge is 1.00 e. The molecular formula is C69H79ClN7NaO4. The van der Waals surface area contributed by atoms with E-state index in [1.807, 2.05) is 53.6 Å². The van der Waals surface area contributed by atoms with Crippen molar-refractivity contribution >= 4 is 50.8 Å². The summed E-state index contributed by atoms with van der Waals surface area (Å²) in [5.74, 6) is 1.46. The maximum atomic E-state index is 13.5. The van der Waals surface area contributed by atoms with Gasteiger partial charge in [-0.05, 0) is 183 Å². The monoisotopic (exact) mass is 1130 g/mol. The van der Waals surface area contributed by atoms with Crippen LogP contribution in [-0.2, 0) is 50.4 Å². The van der Waals surface area contributed by atoms with E-state index in [9.17, 15) is 19.2 Å². The number of piperidine rings is 2. The second kappa shape index (κ2) is 28.7. The Bertz CT molecular complexity index is 3370. The SMILES string of the molecule is CC(=O)Cl.CC(=O)n1c2c(c3cc(C(=O)CC4CCN(Cc5cccnc5)CC4)ccc31)CN(Cc1ccc(C)cc1)CC2.Cc1ccc(CN2CCC3=C(C2)c2cc(C(=O)CC4CCN(Cc5cccnc5)CC4)ccc2C3)cc1.[H-].[Na+]. The minimum absolute atomic E-state index is 0. The number of likely N-dealkylation sites (tertiary alicyclic amines) is 2. The molecular weight excluding hydrogens is 1050 g/mol. The van der Waals surface area contributed by atoms with Gasteiger partial charge in [0.1, 0.15) is 0 Å². The molecule has 82 heavy (non-hydrogen) atoms. The molecule has 0 saturated carbocycles. The normalized spacial score (nSPS) is 16.9. The zero-order chi connectivity index (χ0) is 56.4. The first-order chi connectivity index (χ1) is 39.3. The van der Waals surface area contributed by atoms with Crippen LogP contribution in [0.4, 0.5) is 0 Å². The van der Waals surface area contributed by atoms with Gasteiger partial charge in [-0.2, -0.15) is 0 Å². The molecule has 0 bridgehead atoms. The summed E-state index contributed by atoms with van der Waals surface area (Å²) in [4.78, 5) is 67.1. The number of carbonyl (C=O) groups is 4. The molecule has 4 aliphatic heterocycles. The van der Waals surface area contributed by atoms with Gasteiger partial charge < -0.3 is 1.43 Å². The van der Waals surface area contributed by atoms with Gasteiger partial charge in [0.2, 0.25) is 11.1 Å². The first-order valence-electron chi connectivity index (χ1n) is 29.3. The summed E-state index contributed by atoms with van der Waals surface area (Å²) < 4.78 is 1.88. The molecule has 3 aromatic heterocycles. The van der Waals surface area contributed by atoms with Crippen LogP contribution in [-0.4, -0.2) is 103 Å². The van der Waals surface area contributed by atoms with Crippen molar-refractivity contribution in [3.63, 3.8) is 0 Å². The molecule has 0 unspecified atom stereocenters. The third-order valence-electron chi connectivity index (χ3n) is 17.2. The van der Waals surface area contributed by atoms with E-state index in [4.69, 9.17) is 0 Å². The second-order valence-corrected chi connectivity index (χ2v) is 24.0. The molecule has 2 saturated heterocycles. The van der Waals surface area contributed by atoms with Crippen molar-refractivity contribution in [3.8, 4) is 0 Å². The molecule has 5 aliphatic rings. The summed E-state index contributed by atoms with van der Waals surface area (Å²) in [6, 6.07) is 38.4. The molecule has 422 valence electrons. The van der Waals surface area contributed by atoms with Crippen molar-refractivity contribution in [2.75, 3.05) is 45.8 Å². The molecule has 12 rings (SSSR count). The van der Waals surface area contributed by atoms with Crippen molar-refractivity contribution in [1.29, 1.82) is 0 Å². The summed E-state index contributed by atoms with van der Waals surface area (Å²) in [6.45, 7) is 18.9. The number of halogens is 1. The van der Waals surface area contributed by atoms with Crippen LogP contribution in [0.3, 0.4) is 0 Å². The number of carbonyl (C=O) groups excluding carboxylic acids is 4. The molecule has 11 nitrogen and oxygen atoms in total. The first-order valence-corrected chi connectivity index (χ1v) is 29.7. The summed E-state index contributed by atoms with van der Waals surface area (Å²) in [5, 5.41) is 0.691. The van der Waals surface area contributed by atoms with Crippen LogP contribution in [0.2, 0.25) is 0 Å². The minimum Gasteiger partial charge on any atom is -1.00 e. The second-order valence-electron chi connectivity index (χ2n) is 23.4. The molecule has 0 amide bonds. The Hall–Kier alpha value is -5.73. The molecule has 13 heteroatoms. The van der Waals surface area contributed by atoms with Crippen LogP contribution < -0.4 is 29.6 Å². The van der Waals surface area contributed by atoms with Gasteiger partial charge in [-0.15, -0.1) is 0 Å². The molecule has 1 aliphatic carbocycles. The van der Waals surface area contributed by atoms with Crippen LogP contribution in [0.25, 0.3) is 16.5 Å². The number of hydrogen-bond donors (Lipinski definition) is 0. The molecule has 2 fully saturated rings. The number of fused-ring (bicyclic) bond motifs is 5. The zero-order valence-electron chi connectivity index (χ0n) is 49.8. The van der Waals surface area contributed by atoms with E-state index >= 15 is 0 Å². The van der Waals surface area contributed by atoms with E-state index in [0.29, 0.717) is 30.5 Å². The van der Waals surface area contributed by atoms with Crippen molar-refractivity contribution < 1.29 is 50.2 Å². The topological polar surface area (TPSA) is 112 Å². The van der Waals surface area contributed by atoms with E-state index in [1.165, 1.54) is 62.6 Å². The third kappa shape index (κ3) is 15.9. The number of aryl methyl sites for hydroxylation is 2. The Morgan fingerprint density at radius 3 is 1.57 bits per heavy atom. The predicted octanol–water partition coefficient (Wildman–Crippen LogP) is 10.0. The van der Waals surface area contributed by atoms with E-state index < -0.39 is 0 Å². The van der Waals surface area contributed by atoms with Gasteiger partial charge in [0.25, 0.3) is 0 Å².